The maximum absolute atomic E-state index is 12.9. The summed E-state index contributed by atoms with van der Waals surface area (Å²) < 4.78 is 5.13. The van der Waals surface area contributed by atoms with E-state index in [-0.39, 0.29) is 36.9 Å². The van der Waals surface area contributed by atoms with E-state index in [1.165, 1.54) is 0 Å². The molecule has 0 spiro atoms. The van der Waals surface area contributed by atoms with E-state index in [2.05, 4.69) is 16.0 Å². The lowest BCUT2D eigenvalue weighted by atomic mass is 9.92. The number of nitrogens with zero attached hydrogens (tertiary/aromatic N) is 1. The minimum absolute atomic E-state index is 0. The van der Waals surface area contributed by atoms with Gasteiger partial charge in [-0.2, -0.15) is 0 Å². The molecule has 28 heavy (non-hydrogen) atoms. The summed E-state index contributed by atoms with van der Waals surface area (Å²) in [6.07, 6.45) is 1.86. The fourth-order valence-corrected chi connectivity index (χ4v) is 3.60. The monoisotopic (exact) mass is 410 g/mol. The van der Waals surface area contributed by atoms with Gasteiger partial charge in [0.2, 0.25) is 5.91 Å². The maximum atomic E-state index is 12.9. The Bertz CT molecular complexity index is 742. The molecule has 1 aromatic carbocycles. The minimum Gasteiger partial charge on any atom is -0.497 e. The van der Waals surface area contributed by atoms with Gasteiger partial charge in [0.05, 0.1) is 7.11 Å². The first-order valence-corrected chi connectivity index (χ1v) is 9.16. The fraction of sp³-hybridized carbons (Fsp3) is 0.526. The second-order valence-corrected chi connectivity index (χ2v) is 7.23. The predicted octanol–water partition coefficient (Wildman–Crippen LogP) is 1.14. The van der Waals surface area contributed by atoms with Gasteiger partial charge in [0, 0.05) is 12.1 Å². The highest BCUT2D eigenvalue weighted by atomic mass is 35.5. The van der Waals surface area contributed by atoms with Crippen LogP contribution >= 0.6 is 12.4 Å². The molecule has 3 unspecified atom stereocenters. The summed E-state index contributed by atoms with van der Waals surface area (Å²) in [7, 11) is 1.56. The van der Waals surface area contributed by atoms with Crippen molar-refractivity contribution >= 4 is 30.3 Å². The summed E-state index contributed by atoms with van der Waals surface area (Å²) in [6, 6.07) is 6.52. The standard InChI is InChI=1S/C19H26N4O4.ClH/c1-12-15(5-4-10-20-12)21-16(24)11-23-17(25)19(2,22-18(23)26)13-6-8-14(27-3)9-7-13;/h6-9,12,15,20H,4-5,10-11H2,1-3H3,(H,21,24)(H,22,26);1H. The SMILES string of the molecule is COc1ccc(C2(C)NC(=O)N(CC(=O)NC3CCCNC3C)C2=O)cc1.Cl. The molecule has 2 saturated heterocycles. The fourth-order valence-electron chi connectivity index (χ4n) is 3.60. The first-order valence-electron chi connectivity index (χ1n) is 9.16. The summed E-state index contributed by atoms with van der Waals surface area (Å²) in [5.41, 5.74) is -0.571. The van der Waals surface area contributed by atoms with Gasteiger partial charge in [-0.05, 0) is 50.9 Å². The van der Waals surface area contributed by atoms with Gasteiger partial charge >= 0.3 is 6.03 Å². The van der Waals surface area contributed by atoms with E-state index in [0.717, 1.165) is 24.3 Å². The van der Waals surface area contributed by atoms with Gasteiger partial charge in [-0.3, -0.25) is 14.5 Å². The van der Waals surface area contributed by atoms with Gasteiger partial charge in [-0.1, -0.05) is 12.1 Å². The molecule has 0 aliphatic carbocycles. The van der Waals surface area contributed by atoms with Gasteiger partial charge in [0.25, 0.3) is 5.91 Å². The minimum atomic E-state index is -1.21. The lowest BCUT2D eigenvalue weighted by Crippen LogP contribution is -2.54. The van der Waals surface area contributed by atoms with Crippen LogP contribution in [0.4, 0.5) is 4.79 Å². The molecule has 2 aliphatic heterocycles. The number of nitrogens with one attached hydrogen (secondary N) is 3. The molecule has 0 aromatic heterocycles. The van der Waals surface area contributed by atoms with Gasteiger partial charge in [-0.15, -0.1) is 12.4 Å². The molecule has 154 valence electrons. The van der Waals surface area contributed by atoms with Crippen molar-refractivity contribution in [2.24, 2.45) is 0 Å². The molecule has 9 heteroatoms. The number of hydrogen-bond donors (Lipinski definition) is 3. The Kier molecular flexibility index (Phi) is 6.90. The van der Waals surface area contributed by atoms with E-state index in [9.17, 15) is 14.4 Å². The highest BCUT2D eigenvalue weighted by Crippen LogP contribution is 2.29. The van der Waals surface area contributed by atoms with Crippen LogP contribution in [0.1, 0.15) is 32.3 Å². The van der Waals surface area contributed by atoms with E-state index in [1.807, 2.05) is 6.92 Å². The Morgan fingerprint density at radius 3 is 2.61 bits per heavy atom. The van der Waals surface area contributed by atoms with Crippen molar-refractivity contribution in [3.05, 3.63) is 29.8 Å². The van der Waals surface area contributed by atoms with Gasteiger partial charge in [0.15, 0.2) is 0 Å². The molecule has 0 saturated carbocycles. The van der Waals surface area contributed by atoms with Gasteiger partial charge < -0.3 is 20.7 Å². The van der Waals surface area contributed by atoms with Crippen LogP contribution in [-0.2, 0) is 15.1 Å². The lowest BCUT2D eigenvalue weighted by molar-refractivity contribution is -0.135. The van der Waals surface area contributed by atoms with Crippen molar-refractivity contribution < 1.29 is 19.1 Å². The second-order valence-electron chi connectivity index (χ2n) is 7.23. The van der Waals surface area contributed by atoms with Crippen LogP contribution in [0.15, 0.2) is 24.3 Å². The molecule has 4 amide bonds. The number of halogens is 1. The number of amides is 4. The van der Waals surface area contributed by atoms with Crippen molar-refractivity contribution in [2.45, 2.75) is 44.3 Å². The van der Waals surface area contributed by atoms with Gasteiger partial charge in [-0.25, -0.2) is 4.79 Å². The van der Waals surface area contributed by atoms with E-state index in [0.29, 0.717) is 11.3 Å². The predicted molar refractivity (Wildman–Crippen MR) is 106 cm³/mol. The molecular formula is C19H27ClN4O4. The van der Waals surface area contributed by atoms with Crippen LogP contribution in [0.2, 0.25) is 0 Å². The van der Waals surface area contributed by atoms with Crippen LogP contribution in [0, 0.1) is 0 Å². The van der Waals surface area contributed by atoms with E-state index in [4.69, 9.17) is 4.74 Å². The van der Waals surface area contributed by atoms with Crippen molar-refractivity contribution in [1.29, 1.82) is 0 Å². The molecule has 8 nitrogen and oxygen atoms in total. The lowest BCUT2D eigenvalue weighted by Gasteiger charge is -2.31. The molecule has 2 fully saturated rings. The molecule has 0 radical (unpaired) electrons. The number of carbonyl (C=O) groups excluding carboxylic acids is 3. The molecule has 1 aromatic rings. The molecule has 2 heterocycles. The normalized spacial score (nSPS) is 27.0. The Morgan fingerprint density at radius 1 is 1.32 bits per heavy atom. The maximum Gasteiger partial charge on any atom is 0.325 e. The molecule has 0 bridgehead atoms. The zero-order chi connectivity index (χ0) is 19.6. The third-order valence-electron chi connectivity index (χ3n) is 5.35. The number of hydrogen-bond acceptors (Lipinski definition) is 5. The third-order valence-corrected chi connectivity index (χ3v) is 5.35. The molecule has 3 rings (SSSR count). The summed E-state index contributed by atoms with van der Waals surface area (Å²) in [4.78, 5) is 38.6. The van der Waals surface area contributed by atoms with Crippen LogP contribution < -0.4 is 20.7 Å². The number of piperidine rings is 1. The number of rotatable bonds is 5. The number of methoxy groups -OCH3 is 1. The largest absolute Gasteiger partial charge is 0.497 e. The third kappa shape index (κ3) is 4.23. The van der Waals surface area contributed by atoms with Crippen molar-refractivity contribution in [2.75, 3.05) is 20.2 Å². The number of carbonyl (C=O) groups is 3. The highest BCUT2D eigenvalue weighted by Gasteiger charge is 2.49. The average Bonchev–Trinajstić information content (AvgIpc) is 2.88. The van der Waals surface area contributed by atoms with Crippen molar-refractivity contribution in [3.8, 4) is 5.75 Å². The first kappa shape index (κ1) is 22.0. The summed E-state index contributed by atoms with van der Waals surface area (Å²) >= 11 is 0. The first-order chi connectivity index (χ1) is 12.8. The highest BCUT2D eigenvalue weighted by molar-refractivity contribution is 6.09. The van der Waals surface area contributed by atoms with Crippen LogP contribution in [0.3, 0.4) is 0 Å². The van der Waals surface area contributed by atoms with E-state index in [1.54, 1.807) is 38.3 Å². The number of imide groups is 1. The topological polar surface area (TPSA) is 99.8 Å². The second kappa shape index (κ2) is 8.79. The summed E-state index contributed by atoms with van der Waals surface area (Å²) in [5, 5.41) is 8.94. The summed E-state index contributed by atoms with van der Waals surface area (Å²) in [5.74, 6) is -0.119. The van der Waals surface area contributed by atoms with E-state index >= 15 is 0 Å². The van der Waals surface area contributed by atoms with E-state index < -0.39 is 17.5 Å². The molecular weight excluding hydrogens is 384 g/mol. The van der Waals surface area contributed by atoms with Crippen molar-refractivity contribution in [3.63, 3.8) is 0 Å². The Labute approximate surface area is 170 Å². The number of urea groups is 1. The van der Waals surface area contributed by atoms with Crippen molar-refractivity contribution in [1.82, 2.24) is 20.9 Å². The summed E-state index contributed by atoms with van der Waals surface area (Å²) in [6.45, 7) is 4.29. The quantitative estimate of drug-likeness (QED) is 0.632. The molecule has 3 N–H and O–H groups in total. The number of ether oxygens (including phenoxy) is 1. The molecule has 3 atom stereocenters. The Morgan fingerprint density at radius 2 is 2.00 bits per heavy atom. The van der Waals surface area contributed by atoms with Crippen LogP contribution in [-0.4, -0.2) is 55.0 Å². The zero-order valence-corrected chi connectivity index (χ0v) is 17.1. The smallest absolute Gasteiger partial charge is 0.325 e. The Hall–Kier alpha value is -2.32. The number of benzene rings is 1. The average molecular weight is 411 g/mol. The zero-order valence-electron chi connectivity index (χ0n) is 16.3. The van der Waals surface area contributed by atoms with Gasteiger partial charge in [0.1, 0.15) is 17.8 Å². The van der Waals surface area contributed by atoms with Crippen LogP contribution in [0.5, 0.6) is 5.75 Å². The van der Waals surface area contributed by atoms with Crippen LogP contribution in [0.25, 0.3) is 0 Å². The Balaban J connectivity index is 0.00000280. The molecule has 2 aliphatic rings.